The van der Waals surface area contributed by atoms with Gasteiger partial charge in [-0.2, -0.15) is 5.10 Å². The van der Waals surface area contributed by atoms with Crippen molar-refractivity contribution in [3.8, 4) is 17.3 Å². The summed E-state index contributed by atoms with van der Waals surface area (Å²) >= 11 is 0. The summed E-state index contributed by atoms with van der Waals surface area (Å²) < 4.78 is 13.3. The van der Waals surface area contributed by atoms with Crippen molar-refractivity contribution in [3.05, 3.63) is 54.6 Å². The van der Waals surface area contributed by atoms with E-state index in [9.17, 15) is 0 Å². The smallest absolute Gasteiger partial charge is 0.173 e. The molecule has 1 N–H and O–H groups in total. The number of nitrogens with zero attached hydrogens (tertiary/aromatic N) is 4. The summed E-state index contributed by atoms with van der Waals surface area (Å²) in [4.78, 5) is 8.76. The number of anilines is 1. The number of ether oxygens (including phenoxy) is 2. The fourth-order valence-electron chi connectivity index (χ4n) is 3.25. The maximum absolute atomic E-state index is 6.09. The molecule has 2 aromatic heterocycles. The molecular weight excluding hydrogens is 342 g/mol. The second kappa shape index (κ2) is 8.07. The van der Waals surface area contributed by atoms with Crippen molar-refractivity contribution < 1.29 is 9.47 Å². The van der Waals surface area contributed by atoms with Gasteiger partial charge >= 0.3 is 0 Å². The first-order valence-electron chi connectivity index (χ1n) is 9.21. The van der Waals surface area contributed by atoms with Crippen molar-refractivity contribution in [2.45, 2.75) is 38.3 Å². The lowest BCUT2D eigenvalue weighted by Gasteiger charge is -2.17. The predicted octanol–water partition coefficient (Wildman–Crippen LogP) is 3.60. The van der Waals surface area contributed by atoms with Gasteiger partial charge in [-0.1, -0.05) is 6.07 Å². The molecule has 0 aliphatic heterocycles. The Kier molecular flexibility index (Phi) is 5.18. The molecule has 7 heteroatoms. The van der Waals surface area contributed by atoms with Crippen molar-refractivity contribution in [3.63, 3.8) is 0 Å². The number of hydrogen-bond acceptors (Lipinski definition) is 6. The summed E-state index contributed by atoms with van der Waals surface area (Å²) in [5, 5.41) is 7.47. The number of aromatic nitrogens is 4. The van der Waals surface area contributed by atoms with Crippen molar-refractivity contribution >= 4 is 5.82 Å². The molecule has 4 rings (SSSR count). The average molecular weight is 365 g/mol. The van der Waals surface area contributed by atoms with E-state index in [1.54, 1.807) is 30.4 Å². The van der Waals surface area contributed by atoms with Gasteiger partial charge in [-0.3, -0.25) is 4.98 Å². The lowest BCUT2D eigenvalue weighted by atomic mass is 10.2. The van der Waals surface area contributed by atoms with Crippen LogP contribution in [0.2, 0.25) is 0 Å². The number of rotatable bonds is 7. The maximum atomic E-state index is 6.09. The fraction of sp³-hybridized carbons (Fsp3) is 0.350. The van der Waals surface area contributed by atoms with Crippen LogP contribution in [0, 0.1) is 0 Å². The minimum absolute atomic E-state index is 0.309. The maximum Gasteiger partial charge on any atom is 0.173 e. The van der Waals surface area contributed by atoms with E-state index in [0.29, 0.717) is 24.3 Å². The molecule has 27 heavy (non-hydrogen) atoms. The van der Waals surface area contributed by atoms with E-state index in [0.717, 1.165) is 29.9 Å². The van der Waals surface area contributed by atoms with Gasteiger partial charge in [0.25, 0.3) is 0 Å². The zero-order valence-electron chi connectivity index (χ0n) is 15.3. The highest BCUT2D eigenvalue weighted by molar-refractivity contribution is 5.45. The number of methoxy groups -OCH3 is 1. The second-order valence-electron chi connectivity index (χ2n) is 6.58. The molecular formula is C20H23N5O2. The van der Waals surface area contributed by atoms with Crippen LogP contribution in [0.4, 0.5) is 5.82 Å². The molecule has 0 radical (unpaired) electrons. The molecule has 2 heterocycles. The summed E-state index contributed by atoms with van der Waals surface area (Å²) in [7, 11) is 1.67. The highest BCUT2D eigenvalue weighted by atomic mass is 16.5. The van der Waals surface area contributed by atoms with Crippen LogP contribution in [-0.2, 0) is 6.54 Å². The standard InChI is InChI=1S/C20H23N5O2/c1-26-18-11-15(7-8-17(18)27-16-5-2-3-6-16)12-22-19-13-21-14-20(24-19)25-10-4-9-23-25/h4,7-11,13-14,16H,2-3,5-6,12H2,1H3,(H,22,24). The van der Waals surface area contributed by atoms with Crippen molar-refractivity contribution in [2.24, 2.45) is 0 Å². The molecule has 140 valence electrons. The Morgan fingerprint density at radius 3 is 2.85 bits per heavy atom. The Bertz CT molecular complexity index is 876. The topological polar surface area (TPSA) is 74.1 Å². The second-order valence-corrected chi connectivity index (χ2v) is 6.58. The lowest BCUT2D eigenvalue weighted by Crippen LogP contribution is -2.12. The molecule has 0 unspecified atom stereocenters. The first kappa shape index (κ1) is 17.3. The summed E-state index contributed by atoms with van der Waals surface area (Å²) in [6.45, 7) is 0.608. The van der Waals surface area contributed by atoms with Gasteiger partial charge in [0, 0.05) is 18.9 Å². The largest absolute Gasteiger partial charge is 0.493 e. The number of benzene rings is 1. The predicted molar refractivity (Wildman–Crippen MR) is 102 cm³/mol. The monoisotopic (exact) mass is 365 g/mol. The van der Waals surface area contributed by atoms with Crippen molar-refractivity contribution in [1.29, 1.82) is 0 Å². The molecule has 1 saturated carbocycles. The SMILES string of the molecule is COc1cc(CNc2cncc(-n3cccn3)n2)ccc1OC1CCCC1. The first-order valence-corrected chi connectivity index (χ1v) is 9.21. The third-order valence-electron chi connectivity index (χ3n) is 4.66. The molecule has 1 aromatic carbocycles. The highest BCUT2D eigenvalue weighted by Crippen LogP contribution is 2.32. The zero-order valence-corrected chi connectivity index (χ0v) is 15.3. The van der Waals surface area contributed by atoms with Crippen LogP contribution < -0.4 is 14.8 Å². The highest BCUT2D eigenvalue weighted by Gasteiger charge is 2.18. The Balaban J connectivity index is 1.43. The van der Waals surface area contributed by atoms with Gasteiger partial charge in [0.2, 0.25) is 0 Å². The van der Waals surface area contributed by atoms with Gasteiger partial charge in [-0.25, -0.2) is 9.67 Å². The van der Waals surface area contributed by atoms with Crippen molar-refractivity contribution in [1.82, 2.24) is 19.7 Å². The van der Waals surface area contributed by atoms with Crippen LogP contribution in [-0.4, -0.2) is 33.0 Å². The van der Waals surface area contributed by atoms with E-state index in [4.69, 9.17) is 9.47 Å². The quantitative estimate of drug-likeness (QED) is 0.689. The van der Waals surface area contributed by atoms with Crippen LogP contribution in [0.25, 0.3) is 5.82 Å². The molecule has 1 aliphatic carbocycles. The molecule has 0 bridgehead atoms. The van der Waals surface area contributed by atoms with E-state index in [2.05, 4.69) is 20.4 Å². The van der Waals surface area contributed by atoms with E-state index < -0.39 is 0 Å². The first-order chi connectivity index (χ1) is 13.3. The van der Waals surface area contributed by atoms with Gasteiger partial charge in [0.15, 0.2) is 17.3 Å². The van der Waals surface area contributed by atoms with Crippen LogP contribution in [0.1, 0.15) is 31.2 Å². The van der Waals surface area contributed by atoms with E-state index in [-0.39, 0.29) is 0 Å². The molecule has 0 spiro atoms. The minimum Gasteiger partial charge on any atom is -0.493 e. The molecule has 1 aliphatic rings. The third-order valence-corrected chi connectivity index (χ3v) is 4.66. The Morgan fingerprint density at radius 2 is 2.07 bits per heavy atom. The van der Waals surface area contributed by atoms with Gasteiger partial charge < -0.3 is 14.8 Å². The van der Waals surface area contributed by atoms with Crippen LogP contribution in [0.5, 0.6) is 11.5 Å². The van der Waals surface area contributed by atoms with E-state index in [1.807, 2.05) is 30.5 Å². The van der Waals surface area contributed by atoms with Gasteiger partial charge in [-0.15, -0.1) is 0 Å². The van der Waals surface area contributed by atoms with Gasteiger partial charge in [-0.05, 0) is 49.4 Å². The lowest BCUT2D eigenvalue weighted by molar-refractivity contribution is 0.200. The fourth-order valence-corrected chi connectivity index (χ4v) is 3.25. The Labute approximate surface area is 158 Å². The molecule has 0 saturated heterocycles. The Morgan fingerprint density at radius 1 is 1.19 bits per heavy atom. The normalized spacial score (nSPS) is 14.3. The van der Waals surface area contributed by atoms with Crippen LogP contribution >= 0.6 is 0 Å². The summed E-state index contributed by atoms with van der Waals surface area (Å²) in [5.74, 6) is 2.93. The molecule has 3 aromatic rings. The van der Waals surface area contributed by atoms with Gasteiger partial charge in [0.1, 0.15) is 5.82 Å². The molecule has 0 amide bonds. The van der Waals surface area contributed by atoms with E-state index >= 15 is 0 Å². The van der Waals surface area contributed by atoms with Gasteiger partial charge in [0.05, 0.1) is 25.6 Å². The van der Waals surface area contributed by atoms with Crippen molar-refractivity contribution in [2.75, 3.05) is 12.4 Å². The molecule has 7 nitrogen and oxygen atoms in total. The summed E-state index contributed by atoms with van der Waals surface area (Å²) in [5.41, 5.74) is 1.08. The third kappa shape index (κ3) is 4.19. The number of nitrogens with one attached hydrogen (secondary N) is 1. The summed E-state index contributed by atoms with van der Waals surface area (Å²) in [6.07, 6.45) is 12.0. The minimum atomic E-state index is 0.309. The number of hydrogen-bond donors (Lipinski definition) is 1. The molecule has 1 fully saturated rings. The zero-order chi connectivity index (χ0) is 18.5. The van der Waals surface area contributed by atoms with E-state index in [1.165, 1.54) is 12.8 Å². The Hall–Kier alpha value is -3.09. The average Bonchev–Trinajstić information content (AvgIpc) is 3.41. The van der Waals surface area contributed by atoms with Crippen LogP contribution in [0.3, 0.4) is 0 Å². The summed E-state index contributed by atoms with van der Waals surface area (Å²) in [6, 6.07) is 7.88. The molecule has 0 atom stereocenters. The van der Waals surface area contributed by atoms with Crippen LogP contribution in [0.15, 0.2) is 49.1 Å².